The van der Waals surface area contributed by atoms with E-state index in [0.717, 1.165) is 62.7 Å². The van der Waals surface area contributed by atoms with Crippen molar-refractivity contribution in [3.63, 3.8) is 0 Å². The van der Waals surface area contributed by atoms with Gasteiger partial charge in [-0.3, -0.25) is 9.69 Å². The zero-order chi connectivity index (χ0) is 18.4. The first-order chi connectivity index (χ1) is 13.1. The molecule has 5 nitrogen and oxygen atoms in total. The zero-order valence-electron chi connectivity index (χ0n) is 16.1. The van der Waals surface area contributed by atoms with Crippen molar-refractivity contribution in [3.05, 3.63) is 12.3 Å². The number of carbonyl (C=O) groups excluding carboxylic acids is 2. The summed E-state index contributed by atoms with van der Waals surface area (Å²) in [6, 6.07) is 0. The normalized spacial score (nSPS) is 40.4. The quantitative estimate of drug-likeness (QED) is 0.688. The minimum Gasteiger partial charge on any atom is -0.462 e. The Morgan fingerprint density at radius 3 is 2.19 bits per heavy atom. The van der Waals surface area contributed by atoms with Crippen molar-refractivity contribution >= 4 is 12.1 Å². The van der Waals surface area contributed by atoms with Gasteiger partial charge in [0, 0.05) is 12.7 Å². The maximum atomic E-state index is 12.8. The van der Waals surface area contributed by atoms with Gasteiger partial charge in [-0.05, 0) is 82.0 Å². The van der Waals surface area contributed by atoms with Crippen LogP contribution < -0.4 is 0 Å². The Morgan fingerprint density at radius 2 is 1.56 bits per heavy atom. The summed E-state index contributed by atoms with van der Waals surface area (Å²) in [5.74, 6) is 1.70. The van der Waals surface area contributed by atoms with Gasteiger partial charge in [0.25, 0.3) is 0 Å². The Bertz CT molecular complexity index is 601. The molecule has 1 heterocycles. The molecular weight excluding hydrogens is 342 g/mol. The molecule has 0 spiro atoms. The maximum absolute atomic E-state index is 12.8. The third-order valence-corrected chi connectivity index (χ3v) is 7.55. The van der Waals surface area contributed by atoms with Crippen molar-refractivity contribution in [2.24, 2.45) is 23.7 Å². The molecular formula is C22H31NO4. The summed E-state index contributed by atoms with van der Waals surface area (Å²) in [5, 5.41) is 0. The Balaban J connectivity index is 1.15. The van der Waals surface area contributed by atoms with Gasteiger partial charge in [0.2, 0.25) is 0 Å². The molecule has 1 unspecified atom stereocenters. The predicted molar refractivity (Wildman–Crippen MR) is 99.7 cm³/mol. The monoisotopic (exact) mass is 373 g/mol. The second-order valence-electron chi connectivity index (χ2n) is 9.77. The summed E-state index contributed by atoms with van der Waals surface area (Å²) in [7, 11) is 0. The minimum atomic E-state index is -0.351. The van der Waals surface area contributed by atoms with Gasteiger partial charge in [0.1, 0.15) is 11.7 Å². The van der Waals surface area contributed by atoms with Gasteiger partial charge in [-0.25, -0.2) is 4.79 Å². The second kappa shape index (κ2) is 6.82. The first kappa shape index (κ1) is 17.6. The van der Waals surface area contributed by atoms with E-state index >= 15 is 0 Å². The highest BCUT2D eigenvalue weighted by Crippen LogP contribution is 2.57. The average molecular weight is 373 g/mol. The number of esters is 1. The number of carbonyl (C=O) groups is 2. The molecule has 1 atom stereocenters. The van der Waals surface area contributed by atoms with E-state index in [4.69, 9.17) is 9.47 Å². The Morgan fingerprint density at radius 1 is 0.926 bits per heavy atom. The number of nitrogens with zero attached hydrogens (tertiary/aromatic N) is 1. The molecule has 6 aliphatic rings. The number of hydrogen-bond donors (Lipinski definition) is 0. The highest BCUT2D eigenvalue weighted by atomic mass is 16.6. The fourth-order valence-electron chi connectivity index (χ4n) is 6.66. The Labute approximate surface area is 161 Å². The number of ether oxygens (including phenoxy) is 2. The van der Waals surface area contributed by atoms with E-state index < -0.39 is 0 Å². The first-order valence-corrected chi connectivity index (χ1v) is 11.0. The summed E-state index contributed by atoms with van der Waals surface area (Å²) < 4.78 is 11.8. The van der Waals surface area contributed by atoms with Crippen LogP contribution in [0.15, 0.2) is 12.3 Å². The predicted octanol–water partition coefficient (Wildman–Crippen LogP) is 4.41. The van der Waals surface area contributed by atoms with Gasteiger partial charge < -0.3 is 9.47 Å². The average Bonchev–Trinajstić information content (AvgIpc) is 3.11. The molecule has 5 heteroatoms. The van der Waals surface area contributed by atoms with Crippen molar-refractivity contribution < 1.29 is 19.1 Å². The lowest BCUT2D eigenvalue weighted by Crippen LogP contribution is -2.53. The molecule has 4 bridgehead atoms. The third-order valence-electron chi connectivity index (χ3n) is 7.55. The minimum absolute atomic E-state index is 0.0627. The van der Waals surface area contributed by atoms with Crippen molar-refractivity contribution in [1.29, 1.82) is 0 Å². The largest absolute Gasteiger partial charge is 0.462 e. The van der Waals surface area contributed by atoms with Crippen LogP contribution in [-0.2, 0) is 14.3 Å². The fourth-order valence-corrected chi connectivity index (χ4v) is 6.66. The molecule has 27 heavy (non-hydrogen) atoms. The van der Waals surface area contributed by atoms with Crippen LogP contribution >= 0.6 is 0 Å². The smallest absolute Gasteiger partial charge is 0.414 e. The van der Waals surface area contributed by atoms with E-state index in [1.165, 1.54) is 25.7 Å². The van der Waals surface area contributed by atoms with E-state index in [0.29, 0.717) is 6.54 Å². The van der Waals surface area contributed by atoms with Crippen LogP contribution in [0.5, 0.6) is 0 Å². The molecule has 5 fully saturated rings. The van der Waals surface area contributed by atoms with Gasteiger partial charge >= 0.3 is 12.1 Å². The van der Waals surface area contributed by atoms with Crippen LogP contribution in [0.2, 0.25) is 0 Å². The van der Waals surface area contributed by atoms with Crippen molar-refractivity contribution in [2.75, 3.05) is 6.54 Å². The lowest BCUT2D eigenvalue weighted by molar-refractivity contribution is -0.153. The Hall–Kier alpha value is -1.52. The molecule has 5 saturated carbocycles. The topological polar surface area (TPSA) is 55.8 Å². The highest BCUT2D eigenvalue weighted by Gasteiger charge is 2.53. The zero-order valence-corrected chi connectivity index (χ0v) is 16.1. The van der Waals surface area contributed by atoms with E-state index in [2.05, 4.69) is 0 Å². The van der Waals surface area contributed by atoms with Gasteiger partial charge in [-0.2, -0.15) is 0 Å². The van der Waals surface area contributed by atoms with Crippen molar-refractivity contribution in [3.8, 4) is 0 Å². The summed E-state index contributed by atoms with van der Waals surface area (Å²) >= 11 is 0. The maximum Gasteiger partial charge on any atom is 0.414 e. The molecule has 0 saturated heterocycles. The summed E-state index contributed by atoms with van der Waals surface area (Å²) in [5.41, 5.74) is -0.236. The molecule has 1 aliphatic heterocycles. The van der Waals surface area contributed by atoms with Crippen LogP contribution in [0, 0.1) is 23.7 Å². The number of amides is 1. The molecule has 0 radical (unpaired) electrons. The molecule has 0 aromatic carbocycles. The number of rotatable bonds is 3. The van der Waals surface area contributed by atoms with Crippen LogP contribution in [0.4, 0.5) is 4.79 Å². The standard InChI is InChI=1S/C22H31NO4/c24-20(26-19-4-2-1-3-5-19)18-6-7-23(14-18)21(25)27-22-11-15-8-16(12-22)10-17(9-15)13-22/h6-7,15-19H,1-5,8-14H2. The molecule has 1 amide bonds. The van der Waals surface area contributed by atoms with E-state index in [1.807, 2.05) is 0 Å². The van der Waals surface area contributed by atoms with Gasteiger partial charge in [0.05, 0.1) is 5.92 Å². The summed E-state index contributed by atoms with van der Waals surface area (Å²) in [4.78, 5) is 26.8. The molecule has 6 rings (SSSR count). The number of hydrogen-bond acceptors (Lipinski definition) is 4. The SMILES string of the molecule is O=C(OC1CCCCC1)C1C=CN(C(=O)OC23CC4CC(CC(C4)C2)C3)C1. The summed E-state index contributed by atoms with van der Waals surface area (Å²) in [6.45, 7) is 0.358. The Kier molecular flexibility index (Phi) is 4.44. The molecule has 148 valence electrons. The highest BCUT2D eigenvalue weighted by molar-refractivity contribution is 5.78. The second-order valence-corrected chi connectivity index (χ2v) is 9.77. The summed E-state index contributed by atoms with van der Waals surface area (Å²) in [6.07, 6.45) is 15.9. The van der Waals surface area contributed by atoms with Gasteiger partial charge in [0.15, 0.2) is 0 Å². The molecule has 0 aromatic heterocycles. The third kappa shape index (κ3) is 3.50. The van der Waals surface area contributed by atoms with E-state index in [1.54, 1.807) is 17.2 Å². The van der Waals surface area contributed by atoms with Gasteiger partial charge in [-0.1, -0.05) is 12.5 Å². The molecule has 0 aromatic rings. The molecule has 5 aliphatic carbocycles. The van der Waals surface area contributed by atoms with Crippen molar-refractivity contribution in [2.45, 2.75) is 82.3 Å². The van der Waals surface area contributed by atoms with E-state index in [9.17, 15) is 9.59 Å². The lowest BCUT2D eigenvalue weighted by Gasteiger charge is -2.55. The molecule has 0 N–H and O–H groups in total. The van der Waals surface area contributed by atoms with Crippen LogP contribution in [0.1, 0.15) is 70.6 Å². The first-order valence-electron chi connectivity index (χ1n) is 11.0. The van der Waals surface area contributed by atoms with Gasteiger partial charge in [-0.15, -0.1) is 0 Å². The fraction of sp³-hybridized carbons (Fsp3) is 0.818. The van der Waals surface area contributed by atoms with E-state index in [-0.39, 0.29) is 29.7 Å². The lowest BCUT2D eigenvalue weighted by atomic mass is 9.54. The van der Waals surface area contributed by atoms with Crippen LogP contribution in [0.25, 0.3) is 0 Å². The van der Waals surface area contributed by atoms with Crippen LogP contribution in [-0.4, -0.2) is 35.2 Å². The van der Waals surface area contributed by atoms with Crippen molar-refractivity contribution in [1.82, 2.24) is 4.90 Å². The van der Waals surface area contributed by atoms with Crippen LogP contribution in [0.3, 0.4) is 0 Å².